The molecule has 1 N–H and O–H groups in total. The minimum atomic E-state index is 0.796. The van der Waals surface area contributed by atoms with E-state index in [-0.39, 0.29) is 0 Å². The van der Waals surface area contributed by atoms with Crippen molar-refractivity contribution < 1.29 is 4.74 Å². The van der Waals surface area contributed by atoms with Crippen molar-refractivity contribution in [2.45, 2.75) is 38.0 Å². The molecule has 0 aromatic heterocycles. The summed E-state index contributed by atoms with van der Waals surface area (Å²) >= 11 is 0. The van der Waals surface area contributed by atoms with Crippen molar-refractivity contribution in [2.75, 3.05) is 18.5 Å². The maximum atomic E-state index is 5.72. The van der Waals surface area contributed by atoms with Crippen LogP contribution in [0, 0.1) is 23.7 Å². The molecule has 1 heterocycles. The maximum absolute atomic E-state index is 5.72. The van der Waals surface area contributed by atoms with E-state index in [2.05, 4.69) is 23.5 Å². The Bertz CT molecular complexity index is 510. The average molecular weight is 269 g/mol. The molecule has 1 aromatic carbocycles. The molecule has 2 nitrogen and oxygen atoms in total. The molecule has 4 aliphatic carbocycles. The Morgan fingerprint density at radius 2 is 1.70 bits per heavy atom. The third-order valence-electron chi connectivity index (χ3n) is 6.29. The third-order valence-corrected chi connectivity index (χ3v) is 6.29. The van der Waals surface area contributed by atoms with E-state index in [9.17, 15) is 0 Å². The Morgan fingerprint density at radius 1 is 0.950 bits per heavy atom. The number of fused-ring (bicyclic) bond motifs is 1. The molecular formula is C18H23NO. The Morgan fingerprint density at radius 3 is 2.45 bits per heavy atom. The molecule has 0 atom stereocenters. The second-order valence-corrected chi connectivity index (χ2v) is 7.49. The van der Waals surface area contributed by atoms with Crippen LogP contribution < -0.4 is 10.1 Å². The van der Waals surface area contributed by atoms with Crippen LogP contribution >= 0.6 is 0 Å². The van der Waals surface area contributed by atoms with Crippen molar-refractivity contribution in [3.63, 3.8) is 0 Å². The number of benzene rings is 1. The predicted molar refractivity (Wildman–Crippen MR) is 80.2 cm³/mol. The lowest BCUT2D eigenvalue weighted by atomic mass is 9.51. The number of rotatable bonds is 1. The molecule has 0 spiro atoms. The molecule has 4 bridgehead atoms. The molecular weight excluding hydrogens is 246 g/mol. The van der Waals surface area contributed by atoms with Gasteiger partial charge in [-0.15, -0.1) is 0 Å². The second kappa shape index (κ2) is 4.16. The van der Waals surface area contributed by atoms with Gasteiger partial charge in [-0.3, -0.25) is 0 Å². The fourth-order valence-corrected chi connectivity index (χ4v) is 5.84. The van der Waals surface area contributed by atoms with Crippen LogP contribution in [-0.4, -0.2) is 13.2 Å². The monoisotopic (exact) mass is 269 g/mol. The Kier molecular flexibility index (Phi) is 2.39. The van der Waals surface area contributed by atoms with Gasteiger partial charge in [-0.2, -0.15) is 0 Å². The first-order valence-corrected chi connectivity index (χ1v) is 8.37. The summed E-state index contributed by atoms with van der Waals surface area (Å²) in [7, 11) is 0. The lowest BCUT2D eigenvalue weighted by molar-refractivity contribution is -0.00278. The van der Waals surface area contributed by atoms with E-state index in [1.807, 2.05) is 0 Å². The summed E-state index contributed by atoms with van der Waals surface area (Å²) in [5, 5.41) is 3.50. The fraction of sp³-hybridized carbons (Fsp3) is 0.667. The Labute approximate surface area is 120 Å². The van der Waals surface area contributed by atoms with Gasteiger partial charge in [0.25, 0.3) is 0 Å². The minimum absolute atomic E-state index is 0.796. The lowest BCUT2D eigenvalue weighted by Gasteiger charge is -2.54. The maximum Gasteiger partial charge on any atom is 0.142 e. The normalized spacial score (nSPS) is 40.9. The molecule has 4 fully saturated rings. The first-order chi connectivity index (χ1) is 9.87. The second-order valence-electron chi connectivity index (χ2n) is 7.49. The van der Waals surface area contributed by atoms with Crippen molar-refractivity contribution in [3.8, 4) is 5.75 Å². The Hall–Kier alpha value is -1.18. The first-order valence-electron chi connectivity index (χ1n) is 8.37. The molecule has 6 rings (SSSR count). The molecule has 0 radical (unpaired) electrons. The van der Waals surface area contributed by atoms with Crippen LogP contribution in [0.2, 0.25) is 0 Å². The zero-order valence-electron chi connectivity index (χ0n) is 12.0. The van der Waals surface area contributed by atoms with E-state index in [1.54, 1.807) is 12.0 Å². The van der Waals surface area contributed by atoms with Gasteiger partial charge in [-0.1, -0.05) is 6.07 Å². The zero-order chi connectivity index (χ0) is 13.1. The van der Waals surface area contributed by atoms with E-state index in [4.69, 9.17) is 4.74 Å². The van der Waals surface area contributed by atoms with Crippen molar-refractivity contribution >= 4 is 5.69 Å². The van der Waals surface area contributed by atoms with Gasteiger partial charge in [-0.05, 0) is 79.4 Å². The highest BCUT2D eigenvalue weighted by molar-refractivity contribution is 5.60. The highest BCUT2D eigenvalue weighted by Crippen LogP contribution is 2.60. The van der Waals surface area contributed by atoms with Gasteiger partial charge in [0.1, 0.15) is 12.4 Å². The van der Waals surface area contributed by atoms with Crippen LogP contribution in [0.5, 0.6) is 5.75 Å². The van der Waals surface area contributed by atoms with Gasteiger partial charge in [-0.25, -0.2) is 0 Å². The van der Waals surface area contributed by atoms with Gasteiger partial charge >= 0.3 is 0 Å². The summed E-state index contributed by atoms with van der Waals surface area (Å²) in [6.45, 7) is 1.74. The topological polar surface area (TPSA) is 21.3 Å². The number of nitrogens with one attached hydrogen (secondary N) is 1. The molecule has 106 valence electrons. The highest BCUT2D eigenvalue weighted by atomic mass is 16.5. The van der Waals surface area contributed by atoms with Gasteiger partial charge in [0.2, 0.25) is 0 Å². The van der Waals surface area contributed by atoms with E-state index in [0.717, 1.165) is 48.5 Å². The number of hydrogen-bond acceptors (Lipinski definition) is 2. The summed E-state index contributed by atoms with van der Waals surface area (Å²) in [6, 6.07) is 6.93. The average Bonchev–Trinajstić information content (AvgIpc) is 2.46. The first kappa shape index (κ1) is 11.5. The summed E-state index contributed by atoms with van der Waals surface area (Å²) in [6.07, 6.45) is 7.54. The number of ether oxygens (including phenoxy) is 1. The molecule has 20 heavy (non-hydrogen) atoms. The molecule has 1 aromatic rings. The largest absolute Gasteiger partial charge is 0.490 e. The van der Waals surface area contributed by atoms with Crippen molar-refractivity contribution in [1.82, 2.24) is 0 Å². The van der Waals surface area contributed by atoms with Gasteiger partial charge in [0.05, 0.1) is 5.69 Å². The van der Waals surface area contributed by atoms with Crippen LogP contribution in [-0.2, 0) is 0 Å². The third kappa shape index (κ3) is 1.63. The Balaban J connectivity index is 1.50. The lowest BCUT2D eigenvalue weighted by Crippen LogP contribution is -2.43. The predicted octanol–water partition coefficient (Wildman–Crippen LogP) is 4.03. The van der Waals surface area contributed by atoms with Crippen LogP contribution in [0.15, 0.2) is 18.2 Å². The zero-order valence-corrected chi connectivity index (χ0v) is 12.0. The fourth-order valence-electron chi connectivity index (χ4n) is 5.84. The van der Waals surface area contributed by atoms with Crippen molar-refractivity contribution in [1.29, 1.82) is 0 Å². The van der Waals surface area contributed by atoms with E-state index in [0.29, 0.717) is 0 Å². The molecule has 0 saturated heterocycles. The number of anilines is 1. The number of hydrogen-bond donors (Lipinski definition) is 1. The molecule has 2 heteroatoms. The summed E-state index contributed by atoms with van der Waals surface area (Å²) < 4.78 is 5.72. The summed E-state index contributed by atoms with van der Waals surface area (Å²) in [5.41, 5.74) is 2.80. The quantitative estimate of drug-likeness (QED) is 0.831. The van der Waals surface area contributed by atoms with E-state index >= 15 is 0 Å². The van der Waals surface area contributed by atoms with Crippen LogP contribution in [0.25, 0.3) is 0 Å². The molecule has 4 saturated carbocycles. The van der Waals surface area contributed by atoms with Crippen molar-refractivity contribution in [3.05, 3.63) is 23.8 Å². The highest BCUT2D eigenvalue weighted by Gasteiger charge is 2.48. The molecule has 0 unspecified atom stereocenters. The molecule has 5 aliphatic rings. The SMILES string of the molecule is c1cc2c(cc1C1C3CC4CC(C3)CC1C4)NCCO2. The standard InChI is InChI=1S/C18H23NO/c1-2-17-16(19-3-4-20-17)10-13(1)18-14-6-11-5-12(8-14)9-15(18)7-11/h1-2,10-12,14-15,18-19H,3-9H2. The van der Waals surface area contributed by atoms with E-state index < -0.39 is 0 Å². The van der Waals surface area contributed by atoms with Crippen molar-refractivity contribution in [2.24, 2.45) is 23.7 Å². The van der Waals surface area contributed by atoms with E-state index in [1.165, 1.54) is 31.4 Å². The van der Waals surface area contributed by atoms with Crippen LogP contribution in [0.1, 0.15) is 43.6 Å². The smallest absolute Gasteiger partial charge is 0.142 e. The van der Waals surface area contributed by atoms with Crippen LogP contribution in [0.4, 0.5) is 5.69 Å². The molecule has 1 aliphatic heterocycles. The van der Waals surface area contributed by atoms with Gasteiger partial charge in [0.15, 0.2) is 0 Å². The van der Waals surface area contributed by atoms with Gasteiger partial charge < -0.3 is 10.1 Å². The summed E-state index contributed by atoms with van der Waals surface area (Å²) in [4.78, 5) is 0. The minimum Gasteiger partial charge on any atom is -0.490 e. The molecule has 0 amide bonds. The van der Waals surface area contributed by atoms with Crippen LogP contribution in [0.3, 0.4) is 0 Å². The van der Waals surface area contributed by atoms with Gasteiger partial charge in [0, 0.05) is 6.54 Å². The summed E-state index contributed by atoms with van der Waals surface area (Å²) in [5.74, 6) is 5.93.